The first kappa shape index (κ1) is 18.4. The predicted octanol–water partition coefficient (Wildman–Crippen LogP) is 4.24. The van der Waals surface area contributed by atoms with Crippen molar-refractivity contribution in [2.45, 2.75) is 39.5 Å². The quantitative estimate of drug-likeness (QED) is 0.815. The lowest BCUT2D eigenvalue weighted by molar-refractivity contribution is -0.122. The molecule has 0 bridgehead atoms. The summed E-state index contributed by atoms with van der Waals surface area (Å²) in [4.78, 5) is 40.1. The molecule has 1 saturated heterocycles. The van der Waals surface area contributed by atoms with E-state index in [1.54, 1.807) is 24.3 Å². The molecule has 2 aromatic carbocycles. The normalized spacial score (nSPS) is 21.6. The molecule has 1 N–H and O–H groups in total. The van der Waals surface area contributed by atoms with Gasteiger partial charge in [0.2, 0.25) is 11.8 Å². The number of benzene rings is 2. The van der Waals surface area contributed by atoms with Gasteiger partial charge in [-0.1, -0.05) is 31.0 Å². The Labute approximate surface area is 164 Å². The molecule has 5 nitrogen and oxygen atoms in total. The van der Waals surface area contributed by atoms with E-state index >= 15 is 0 Å². The van der Waals surface area contributed by atoms with Gasteiger partial charge in [0.15, 0.2) is 0 Å². The van der Waals surface area contributed by atoms with Gasteiger partial charge in [0.1, 0.15) is 0 Å². The Balaban J connectivity index is 1.65. The van der Waals surface area contributed by atoms with Crippen molar-refractivity contribution >= 4 is 29.1 Å². The van der Waals surface area contributed by atoms with Crippen molar-refractivity contribution in [2.24, 2.45) is 11.8 Å². The van der Waals surface area contributed by atoms with E-state index in [1.807, 2.05) is 32.0 Å². The van der Waals surface area contributed by atoms with Gasteiger partial charge in [0, 0.05) is 5.69 Å². The highest BCUT2D eigenvalue weighted by atomic mass is 16.2. The maximum atomic E-state index is 13.0. The Kier molecular flexibility index (Phi) is 4.75. The highest BCUT2D eigenvalue weighted by Gasteiger charge is 2.49. The number of nitrogens with zero attached hydrogens (tertiary/aromatic N) is 1. The molecule has 2 atom stereocenters. The number of nitrogens with one attached hydrogen (secondary N) is 1. The first-order chi connectivity index (χ1) is 13.5. The van der Waals surface area contributed by atoms with Crippen LogP contribution in [0, 0.1) is 25.7 Å². The third kappa shape index (κ3) is 3.11. The zero-order valence-corrected chi connectivity index (χ0v) is 16.2. The van der Waals surface area contributed by atoms with Gasteiger partial charge in [-0.2, -0.15) is 0 Å². The molecule has 2 fully saturated rings. The number of amides is 3. The summed E-state index contributed by atoms with van der Waals surface area (Å²) >= 11 is 0. The molecule has 3 amide bonds. The number of fused-ring (bicyclic) bond motifs is 1. The number of aryl methyl sites for hydroxylation is 2. The van der Waals surface area contributed by atoms with Crippen LogP contribution in [0.1, 0.15) is 47.2 Å². The van der Waals surface area contributed by atoms with Gasteiger partial charge in [0.25, 0.3) is 5.91 Å². The fourth-order valence-corrected chi connectivity index (χ4v) is 4.28. The molecule has 1 saturated carbocycles. The molecule has 2 aliphatic rings. The molecular weight excluding hydrogens is 352 g/mol. The van der Waals surface area contributed by atoms with E-state index in [0.717, 1.165) is 36.8 Å². The van der Waals surface area contributed by atoms with Gasteiger partial charge in [-0.05, 0) is 62.1 Å². The van der Waals surface area contributed by atoms with E-state index in [2.05, 4.69) is 5.32 Å². The van der Waals surface area contributed by atoms with Crippen molar-refractivity contribution in [1.82, 2.24) is 0 Å². The number of carbonyl (C=O) groups excluding carboxylic acids is 3. The monoisotopic (exact) mass is 376 g/mol. The number of para-hydroxylation sites is 1. The Bertz CT molecular complexity index is 942. The highest BCUT2D eigenvalue weighted by molar-refractivity contribution is 6.24. The lowest BCUT2D eigenvalue weighted by Crippen LogP contribution is -2.32. The molecule has 4 rings (SSSR count). The lowest BCUT2D eigenvalue weighted by Gasteiger charge is -2.19. The van der Waals surface area contributed by atoms with Crippen LogP contribution in [0.5, 0.6) is 0 Å². The van der Waals surface area contributed by atoms with Crippen molar-refractivity contribution in [3.05, 3.63) is 59.2 Å². The van der Waals surface area contributed by atoms with Crippen LogP contribution in [0.25, 0.3) is 0 Å². The minimum atomic E-state index is -0.325. The third-order valence-corrected chi connectivity index (χ3v) is 6.00. The van der Waals surface area contributed by atoms with Gasteiger partial charge in [-0.15, -0.1) is 0 Å². The second-order valence-corrected chi connectivity index (χ2v) is 7.78. The van der Waals surface area contributed by atoms with Crippen LogP contribution >= 0.6 is 0 Å². The van der Waals surface area contributed by atoms with Gasteiger partial charge in [0.05, 0.1) is 23.1 Å². The molecule has 2 aromatic rings. The SMILES string of the molecule is Cc1ccc(NC(=O)c2ccccc2N2C(=O)[C@H]3CCCC[C@@H]3C2=O)cc1C. The maximum absolute atomic E-state index is 13.0. The largest absolute Gasteiger partial charge is 0.322 e. The summed E-state index contributed by atoms with van der Waals surface area (Å²) < 4.78 is 0. The highest BCUT2D eigenvalue weighted by Crippen LogP contribution is 2.41. The summed E-state index contributed by atoms with van der Waals surface area (Å²) in [6.45, 7) is 4.00. The summed E-state index contributed by atoms with van der Waals surface area (Å²) in [5.41, 5.74) is 3.64. The van der Waals surface area contributed by atoms with Crippen molar-refractivity contribution in [3.63, 3.8) is 0 Å². The smallest absolute Gasteiger partial charge is 0.257 e. The van der Waals surface area contributed by atoms with E-state index in [9.17, 15) is 14.4 Å². The predicted molar refractivity (Wildman–Crippen MR) is 108 cm³/mol. The minimum Gasteiger partial charge on any atom is -0.322 e. The fourth-order valence-electron chi connectivity index (χ4n) is 4.28. The van der Waals surface area contributed by atoms with Gasteiger partial charge in [-0.25, -0.2) is 4.90 Å². The molecular formula is C23H24N2O3. The lowest BCUT2D eigenvalue weighted by atomic mass is 9.81. The molecule has 0 radical (unpaired) electrons. The first-order valence-corrected chi connectivity index (χ1v) is 9.83. The number of anilines is 2. The average Bonchev–Trinajstić information content (AvgIpc) is 2.95. The molecule has 0 spiro atoms. The molecule has 0 unspecified atom stereocenters. The Morgan fingerprint density at radius 2 is 1.57 bits per heavy atom. The number of carbonyl (C=O) groups is 3. The number of hydrogen-bond acceptors (Lipinski definition) is 3. The number of rotatable bonds is 3. The Morgan fingerprint density at radius 3 is 2.21 bits per heavy atom. The molecule has 1 aliphatic heterocycles. The van der Waals surface area contributed by atoms with Crippen molar-refractivity contribution in [3.8, 4) is 0 Å². The zero-order valence-electron chi connectivity index (χ0n) is 16.2. The summed E-state index contributed by atoms with van der Waals surface area (Å²) in [6.07, 6.45) is 3.46. The second-order valence-electron chi connectivity index (χ2n) is 7.78. The summed E-state index contributed by atoms with van der Waals surface area (Å²) in [7, 11) is 0. The van der Waals surface area contributed by atoms with E-state index < -0.39 is 0 Å². The van der Waals surface area contributed by atoms with Crippen LogP contribution in [0.2, 0.25) is 0 Å². The van der Waals surface area contributed by atoms with Crippen LogP contribution < -0.4 is 10.2 Å². The fraction of sp³-hybridized carbons (Fsp3) is 0.348. The van der Waals surface area contributed by atoms with Gasteiger partial charge < -0.3 is 5.32 Å². The number of hydrogen-bond donors (Lipinski definition) is 1. The second kappa shape index (κ2) is 7.23. The van der Waals surface area contributed by atoms with Gasteiger partial charge >= 0.3 is 0 Å². The summed E-state index contributed by atoms with van der Waals surface area (Å²) in [5, 5.41) is 2.89. The molecule has 1 aliphatic carbocycles. The molecule has 5 heteroatoms. The third-order valence-electron chi connectivity index (χ3n) is 6.00. The van der Waals surface area contributed by atoms with Crippen LogP contribution in [0.15, 0.2) is 42.5 Å². The topological polar surface area (TPSA) is 66.5 Å². The minimum absolute atomic E-state index is 0.166. The van der Waals surface area contributed by atoms with E-state index in [4.69, 9.17) is 0 Å². The maximum Gasteiger partial charge on any atom is 0.257 e. The van der Waals surface area contributed by atoms with Crippen molar-refractivity contribution in [1.29, 1.82) is 0 Å². The molecule has 144 valence electrons. The average molecular weight is 376 g/mol. The van der Waals surface area contributed by atoms with Crippen LogP contribution in [-0.4, -0.2) is 17.7 Å². The zero-order chi connectivity index (χ0) is 19.8. The van der Waals surface area contributed by atoms with Gasteiger partial charge in [-0.3, -0.25) is 14.4 Å². The van der Waals surface area contributed by atoms with Crippen LogP contribution in [-0.2, 0) is 9.59 Å². The van der Waals surface area contributed by atoms with E-state index in [-0.39, 0.29) is 29.6 Å². The first-order valence-electron chi connectivity index (χ1n) is 9.83. The van der Waals surface area contributed by atoms with Crippen molar-refractivity contribution < 1.29 is 14.4 Å². The molecule has 1 heterocycles. The Morgan fingerprint density at radius 1 is 0.929 bits per heavy atom. The van der Waals surface area contributed by atoms with Crippen LogP contribution in [0.4, 0.5) is 11.4 Å². The van der Waals surface area contributed by atoms with Crippen molar-refractivity contribution in [2.75, 3.05) is 10.2 Å². The Hall–Kier alpha value is -2.95. The van der Waals surface area contributed by atoms with Crippen LogP contribution in [0.3, 0.4) is 0 Å². The molecule has 0 aromatic heterocycles. The standard InChI is InChI=1S/C23H24N2O3/c1-14-11-12-16(13-15(14)2)24-21(26)19-9-5-6-10-20(19)25-22(27)17-7-3-4-8-18(17)23(25)28/h5-6,9-13,17-18H,3-4,7-8H2,1-2H3,(H,24,26)/t17-,18-/m0/s1. The number of imide groups is 1. The summed E-state index contributed by atoms with van der Waals surface area (Å²) in [6, 6.07) is 12.6. The molecule has 28 heavy (non-hydrogen) atoms. The van der Waals surface area contributed by atoms with E-state index in [1.165, 1.54) is 4.90 Å². The van der Waals surface area contributed by atoms with E-state index in [0.29, 0.717) is 16.9 Å². The summed E-state index contributed by atoms with van der Waals surface area (Å²) in [5.74, 6) is -1.13.